The predicted octanol–water partition coefficient (Wildman–Crippen LogP) is 5.74. The van der Waals surface area contributed by atoms with Gasteiger partial charge < -0.3 is 0 Å². The van der Waals surface area contributed by atoms with E-state index < -0.39 is 0 Å². The Morgan fingerprint density at radius 1 is 0.850 bits per heavy atom. The van der Waals surface area contributed by atoms with E-state index >= 15 is 0 Å². The van der Waals surface area contributed by atoms with E-state index in [-0.39, 0.29) is 0 Å². The molecule has 0 N–H and O–H groups in total. The number of rotatable bonds is 2. The zero-order chi connectivity index (χ0) is 13.5. The first-order valence-corrected chi connectivity index (χ1v) is 8.56. The zero-order valence-electron chi connectivity index (χ0n) is 12.7. The Hall–Kier alpha value is -1.04. The topological polar surface area (TPSA) is 0 Å². The second-order valence-corrected chi connectivity index (χ2v) is 7.34. The molecule has 0 heterocycles. The van der Waals surface area contributed by atoms with Crippen molar-refractivity contribution in [1.82, 2.24) is 0 Å². The Kier molecular flexibility index (Phi) is 3.21. The average molecular weight is 266 g/mol. The van der Waals surface area contributed by atoms with E-state index in [9.17, 15) is 0 Å². The molecule has 2 unspecified atom stereocenters. The van der Waals surface area contributed by atoms with Crippen molar-refractivity contribution in [3.8, 4) is 0 Å². The quantitative estimate of drug-likeness (QED) is 0.598. The second kappa shape index (κ2) is 5.06. The van der Waals surface area contributed by atoms with Crippen LogP contribution in [0.2, 0.25) is 0 Å². The van der Waals surface area contributed by atoms with Gasteiger partial charge in [0.2, 0.25) is 0 Å². The van der Waals surface area contributed by atoms with Gasteiger partial charge in [-0.1, -0.05) is 42.4 Å². The molecule has 0 spiro atoms. The summed E-state index contributed by atoms with van der Waals surface area (Å²) in [6, 6.07) is 0. The summed E-state index contributed by atoms with van der Waals surface area (Å²) in [5, 5.41) is 0. The van der Waals surface area contributed by atoms with Gasteiger partial charge in [-0.25, -0.2) is 0 Å². The van der Waals surface area contributed by atoms with E-state index in [1.807, 2.05) is 0 Å². The van der Waals surface area contributed by atoms with Crippen molar-refractivity contribution in [2.45, 2.75) is 58.3 Å². The van der Waals surface area contributed by atoms with Gasteiger partial charge in [0.25, 0.3) is 0 Å². The lowest BCUT2D eigenvalue weighted by molar-refractivity contribution is 0.210. The molecule has 0 aromatic heterocycles. The Bertz CT molecular complexity index is 478. The van der Waals surface area contributed by atoms with Crippen LogP contribution in [-0.4, -0.2) is 0 Å². The third-order valence-corrected chi connectivity index (χ3v) is 6.36. The van der Waals surface area contributed by atoms with Gasteiger partial charge in [0.1, 0.15) is 0 Å². The van der Waals surface area contributed by atoms with Crippen molar-refractivity contribution in [2.75, 3.05) is 0 Å². The maximum Gasteiger partial charge on any atom is -0.0130 e. The van der Waals surface area contributed by atoms with Crippen molar-refractivity contribution >= 4 is 0 Å². The van der Waals surface area contributed by atoms with Crippen LogP contribution in [0.1, 0.15) is 58.3 Å². The van der Waals surface area contributed by atoms with Crippen LogP contribution in [0.3, 0.4) is 0 Å². The summed E-state index contributed by atoms with van der Waals surface area (Å²) in [5.41, 5.74) is 6.90. The maximum atomic E-state index is 2.55. The molecule has 0 amide bonds. The zero-order valence-corrected chi connectivity index (χ0v) is 12.7. The van der Waals surface area contributed by atoms with Crippen LogP contribution in [0.4, 0.5) is 0 Å². The molecule has 0 aliphatic heterocycles. The standard InChI is InChI=1S/C20H26/c1-14(17-10-8-15-4-2-6-19(15)12-17)18-11-9-16-5-3-7-20(16)13-18/h2-3,6-7,14,17-18H,4-5,8-13H2,1H3. The van der Waals surface area contributed by atoms with E-state index in [1.54, 1.807) is 22.3 Å². The van der Waals surface area contributed by atoms with Crippen LogP contribution in [0, 0.1) is 17.8 Å². The summed E-state index contributed by atoms with van der Waals surface area (Å²) in [6.45, 7) is 2.55. The minimum atomic E-state index is 0.904. The Labute approximate surface area is 123 Å². The van der Waals surface area contributed by atoms with Crippen molar-refractivity contribution in [1.29, 1.82) is 0 Å². The Balaban J connectivity index is 1.44. The lowest BCUT2D eigenvalue weighted by Crippen LogP contribution is -2.25. The molecule has 0 radical (unpaired) electrons. The predicted molar refractivity (Wildman–Crippen MR) is 85.4 cm³/mol. The van der Waals surface area contributed by atoms with Crippen molar-refractivity contribution in [2.24, 2.45) is 17.8 Å². The molecule has 0 saturated carbocycles. The van der Waals surface area contributed by atoms with Crippen molar-refractivity contribution in [3.05, 3.63) is 46.6 Å². The molecule has 0 aromatic rings. The van der Waals surface area contributed by atoms with Crippen LogP contribution in [0.5, 0.6) is 0 Å². The van der Waals surface area contributed by atoms with Crippen LogP contribution in [0.15, 0.2) is 46.6 Å². The van der Waals surface area contributed by atoms with Crippen LogP contribution >= 0.6 is 0 Å². The molecule has 0 heteroatoms. The average Bonchev–Trinajstić information content (AvgIpc) is 3.13. The minimum absolute atomic E-state index is 0.904. The maximum absolute atomic E-state index is 2.55. The summed E-state index contributed by atoms with van der Waals surface area (Å²) >= 11 is 0. The van der Waals surface area contributed by atoms with E-state index in [0.717, 1.165) is 17.8 Å². The van der Waals surface area contributed by atoms with E-state index in [1.165, 1.54) is 51.4 Å². The molecule has 2 atom stereocenters. The Morgan fingerprint density at radius 3 is 1.85 bits per heavy atom. The molecule has 106 valence electrons. The van der Waals surface area contributed by atoms with E-state index in [2.05, 4.69) is 31.2 Å². The van der Waals surface area contributed by atoms with Crippen molar-refractivity contribution < 1.29 is 0 Å². The molecule has 0 saturated heterocycles. The second-order valence-electron chi connectivity index (χ2n) is 7.34. The monoisotopic (exact) mass is 266 g/mol. The largest absolute Gasteiger partial charge is 0.0802 e. The number of hydrogen-bond acceptors (Lipinski definition) is 0. The summed E-state index contributed by atoms with van der Waals surface area (Å²) < 4.78 is 0. The van der Waals surface area contributed by atoms with Gasteiger partial charge in [-0.2, -0.15) is 0 Å². The molecule has 4 rings (SSSR count). The van der Waals surface area contributed by atoms with E-state index in [4.69, 9.17) is 0 Å². The third kappa shape index (κ3) is 2.14. The van der Waals surface area contributed by atoms with Gasteiger partial charge in [0.15, 0.2) is 0 Å². The smallest absolute Gasteiger partial charge is 0.0130 e. The fourth-order valence-electron chi connectivity index (χ4n) is 4.91. The molecule has 0 aromatic carbocycles. The van der Waals surface area contributed by atoms with Gasteiger partial charge in [0.05, 0.1) is 0 Å². The van der Waals surface area contributed by atoms with Crippen LogP contribution < -0.4 is 0 Å². The first-order valence-electron chi connectivity index (χ1n) is 8.56. The third-order valence-electron chi connectivity index (χ3n) is 6.36. The lowest BCUT2D eigenvalue weighted by Gasteiger charge is -2.36. The summed E-state index contributed by atoms with van der Waals surface area (Å²) in [6.07, 6.45) is 20.4. The molecular formula is C20H26. The normalized spacial score (nSPS) is 33.6. The highest BCUT2D eigenvalue weighted by molar-refractivity contribution is 5.37. The van der Waals surface area contributed by atoms with Crippen LogP contribution in [0.25, 0.3) is 0 Å². The lowest BCUT2D eigenvalue weighted by atomic mass is 9.69. The van der Waals surface area contributed by atoms with Gasteiger partial charge >= 0.3 is 0 Å². The van der Waals surface area contributed by atoms with E-state index in [0.29, 0.717) is 0 Å². The highest BCUT2D eigenvalue weighted by Gasteiger charge is 2.32. The first-order chi connectivity index (χ1) is 9.81. The van der Waals surface area contributed by atoms with Gasteiger partial charge in [-0.3, -0.25) is 0 Å². The molecule has 0 bridgehead atoms. The Morgan fingerprint density at radius 2 is 1.35 bits per heavy atom. The van der Waals surface area contributed by atoms with Gasteiger partial charge in [0, 0.05) is 0 Å². The fourth-order valence-corrected chi connectivity index (χ4v) is 4.91. The minimum Gasteiger partial charge on any atom is -0.0802 e. The summed E-state index contributed by atoms with van der Waals surface area (Å²) in [5.74, 6) is 2.78. The molecular weight excluding hydrogens is 240 g/mol. The summed E-state index contributed by atoms with van der Waals surface area (Å²) in [7, 11) is 0. The fraction of sp³-hybridized carbons (Fsp3) is 0.600. The molecule has 4 aliphatic carbocycles. The highest BCUT2D eigenvalue weighted by atomic mass is 14.4. The van der Waals surface area contributed by atoms with Crippen LogP contribution in [-0.2, 0) is 0 Å². The van der Waals surface area contributed by atoms with Gasteiger partial charge in [-0.05, 0) is 80.3 Å². The number of allylic oxidation sites excluding steroid dienone is 8. The van der Waals surface area contributed by atoms with Gasteiger partial charge in [-0.15, -0.1) is 0 Å². The highest BCUT2D eigenvalue weighted by Crippen LogP contribution is 2.45. The molecule has 0 nitrogen and oxygen atoms in total. The molecule has 20 heavy (non-hydrogen) atoms. The molecule has 4 aliphatic rings. The van der Waals surface area contributed by atoms with Crippen molar-refractivity contribution in [3.63, 3.8) is 0 Å². The molecule has 0 fully saturated rings. The summed E-state index contributed by atoms with van der Waals surface area (Å²) in [4.78, 5) is 0. The number of hydrogen-bond donors (Lipinski definition) is 0. The first kappa shape index (κ1) is 12.7. The SMILES string of the molecule is CC(C1CCC2=C(C=CC2)C1)C1CCC2=C(C=CC2)C1.